The Bertz CT molecular complexity index is 601. The van der Waals surface area contributed by atoms with Gasteiger partial charge in [-0.3, -0.25) is 0 Å². The topological polar surface area (TPSA) is 70.4 Å². The van der Waals surface area contributed by atoms with Crippen LogP contribution in [-0.4, -0.2) is 39.5 Å². The van der Waals surface area contributed by atoms with Crippen LogP contribution in [-0.2, 0) is 20.5 Å². The smallest absolute Gasteiger partial charge is 0.218 e. The van der Waals surface area contributed by atoms with Crippen LogP contribution in [0.15, 0.2) is 24.3 Å². The van der Waals surface area contributed by atoms with Gasteiger partial charge in [0.1, 0.15) is 0 Å². The standard InChI is InChI=1S/C14H18N2O3S/c1-16(9-14-5-6-19-10-14)20(17,18)11-13-4-2-3-12(7-13)8-15/h2-4,7,14H,5-6,9-11H2,1H3. The number of nitrogens with zero attached hydrogens (tertiary/aromatic N) is 2. The second kappa shape index (κ2) is 6.35. The lowest BCUT2D eigenvalue weighted by atomic mass is 10.1. The summed E-state index contributed by atoms with van der Waals surface area (Å²) < 4.78 is 31.2. The fraction of sp³-hybridized carbons (Fsp3) is 0.500. The van der Waals surface area contributed by atoms with Gasteiger partial charge in [0, 0.05) is 20.2 Å². The van der Waals surface area contributed by atoms with Crippen molar-refractivity contribution in [3.05, 3.63) is 35.4 Å². The first-order chi connectivity index (χ1) is 9.51. The Labute approximate surface area is 119 Å². The summed E-state index contributed by atoms with van der Waals surface area (Å²) in [5.74, 6) is 0.201. The molecule has 1 saturated heterocycles. The van der Waals surface area contributed by atoms with Gasteiger partial charge in [-0.1, -0.05) is 12.1 Å². The number of sulfonamides is 1. The third-order valence-corrected chi connectivity index (χ3v) is 5.22. The average Bonchev–Trinajstić information content (AvgIpc) is 2.91. The van der Waals surface area contributed by atoms with E-state index in [0.29, 0.717) is 30.9 Å². The molecule has 5 nitrogen and oxygen atoms in total. The highest BCUT2D eigenvalue weighted by molar-refractivity contribution is 7.88. The van der Waals surface area contributed by atoms with E-state index in [9.17, 15) is 8.42 Å². The van der Waals surface area contributed by atoms with Crippen molar-refractivity contribution in [1.29, 1.82) is 5.26 Å². The van der Waals surface area contributed by atoms with E-state index in [2.05, 4.69) is 0 Å². The average molecular weight is 294 g/mol. The van der Waals surface area contributed by atoms with E-state index >= 15 is 0 Å². The molecule has 0 spiro atoms. The molecule has 1 aromatic rings. The van der Waals surface area contributed by atoms with Crippen LogP contribution in [0.1, 0.15) is 17.5 Å². The van der Waals surface area contributed by atoms with Gasteiger partial charge in [-0.2, -0.15) is 5.26 Å². The third-order valence-electron chi connectivity index (χ3n) is 3.42. The summed E-state index contributed by atoms with van der Waals surface area (Å²) in [5.41, 5.74) is 1.11. The predicted molar refractivity (Wildman–Crippen MR) is 75.3 cm³/mol. The van der Waals surface area contributed by atoms with Gasteiger partial charge in [0.05, 0.1) is 24.0 Å². The van der Waals surface area contributed by atoms with E-state index < -0.39 is 10.0 Å². The Kier molecular flexibility index (Phi) is 4.76. The van der Waals surface area contributed by atoms with Crippen molar-refractivity contribution in [2.45, 2.75) is 12.2 Å². The maximum Gasteiger partial charge on any atom is 0.218 e. The van der Waals surface area contributed by atoms with E-state index in [1.807, 2.05) is 6.07 Å². The molecule has 1 fully saturated rings. The summed E-state index contributed by atoms with van der Waals surface area (Å²) in [6, 6.07) is 8.72. The highest BCUT2D eigenvalue weighted by Crippen LogP contribution is 2.17. The Morgan fingerprint density at radius 2 is 2.30 bits per heavy atom. The normalized spacial score (nSPS) is 19.1. The molecule has 0 aliphatic carbocycles. The summed E-state index contributed by atoms with van der Waals surface area (Å²) in [6.07, 6.45) is 0.907. The lowest BCUT2D eigenvalue weighted by Crippen LogP contribution is -2.33. The molecule has 6 heteroatoms. The molecule has 1 unspecified atom stereocenters. The monoisotopic (exact) mass is 294 g/mol. The zero-order chi connectivity index (χ0) is 14.6. The first-order valence-corrected chi connectivity index (χ1v) is 8.13. The molecule has 0 amide bonds. The first kappa shape index (κ1) is 15.0. The minimum atomic E-state index is -3.36. The molecule has 0 aromatic heterocycles. The first-order valence-electron chi connectivity index (χ1n) is 6.52. The van der Waals surface area contributed by atoms with Gasteiger partial charge in [0.2, 0.25) is 10.0 Å². The number of nitriles is 1. The van der Waals surface area contributed by atoms with E-state index in [0.717, 1.165) is 6.42 Å². The quantitative estimate of drug-likeness (QED) is 0.822. The summed E-state index contributed by atoms with van der Waals surface area (Å²) in [7, 11) is -1.76. The number of hydrogen-bond donors (Lipinski definition) is 0. The van der Waals surface area contributed by atoms with Crippen molar-refractivity contribution >= 4 is 10.0 Å². The molecule has 0 saturated carbocycles. The summed E-state index contributed by atoms with van der Waals surface area (Å²) in [6.45, 7) is 1.83. The van der Waals surface area contributed by atoms with Crippen LogP contribution in [0.3, 0.4) is 0 Å². The van der Waals surface area contributed by atoms with Gasteiger partial charge in [-0.15, -0.1) is 0 Å². The van der Waals surface area contributed by atoms with Crippen LogP contribution >= 0.6 is 0 Å². The molecule has 1 atom stereocenters. The summed E-state index contributed by atoms with van der Waals surface area (Å²) in [5, 5.41) is 8.84. The van der Waals surface area contributed by atoms with Gasteiger partial charge < -0.3 is 4.74 Å². The largest absolute Gasteiger partial charge is 0.381 e. The second-order valence-corrected chi connectivity index (χ2v) is 7.15. The van der Waals surface area contributed by atoms with Crippen LogP contribution in [0.5, 0.6) is 0 Å². The van der Waals surface area contributed by atoms with Crippen LogP contribution in [0.4, 0.5) is 0 Å². The summed E-state index contributed by atoms with van der Waals surface area (Å²) >= 11 is 0. The molecule has 0 radical (unpaired) electrons. The third kappa shape index (κ3) is 3.79. The second-order valence-electron chi connectivity index (χ2n) is 5.08. The van der Waals surface area contributed by atoms with Crippen LogP contribution in [0.2, 0.25) is 0 Å². The minimum absolute atomic E-state index is 0.0768. The molecule has 0 N–H and O–H groups in total. The van der Waals surface area contributed by atoms with Gasteiger partial charge in [0.15, 0.2) is 0 Å². The molecule has 1 aliphatic heterocycles. The SMILES string of the molecule is CN(CC1CCOC1)S(=O)(=O)Cc1cccc(C#N)c1. The predicted octanol–water partition coefficient (Wildman–Crippen LogP) is 1.36. The van der Waals surface area contributed by atoms with Crippen LogP contribution < -0.4 is 0 Å². The summed E-state index contributed by atoms with van der Waals surface area (Å²) in [4.78, 5) is 0. The van der Waals surface area contributed by atoms with Crippen molar-refractivity contribution in [3.8, 4) is 6.07 Å². The number of ether oxygens (including phenoxy) is 1. The Morgan fingerprint density at radius 1 is 1.50 bits per heavy atom. The van der Waals surface area contributed by atoms with E-state index in [1.165, 1.54) is 4.31 Å². The lowest BCUT2D eigenvalue weighted by molar-refractivity contribution is 0.182. The highest BCUT2D eigenvalue weighted by atomic mass is 32.2. The number of hydrogen-bond acceptors (Lipinski definition) is 4. The molecule has 1 aliphatic rings. The fourth-order valence-corrected chi connectivity index (χ4v) is 3.52. The van der Waals surface area contributed by atoms with Gasteiger partial charge >= 0.3 is 0 Å². The Balaban J connectivity index is 2.03. The van der Waals surface area contributed by atoms with Gasteiger partial charge in [-0.05, 0) is 30.0 Å². The molecular formula is C14H18N2O3S. The molecule has 0 bridgehead atoms. The molecular weight excluding hydrogens is 276 g/mol. The van der Waals surface area contributed by atoms with E-state index in [4.69, 9.17) is 10.00 Å². The van der Waals surface area contributed by atoms with Crippen LogP contribution in [0.25, 0.3) is 0 Å². The lowest BCUT2D eigenvalue weighted by Gasteiger charge is -2.20. The van der Waals surface area contributed by atoms with E-state index in [-0.39, 0.29) is 11.7 Å². The van der Waals surface area contributed by atoms with Crippen molar-refractivity contribution < 1.29 is 13.2 Å². The molecule has 2 rings (SSSR count). The Hall–Kier alpha value is -1.42. The van der Waals surface area contributed by atoms with E-state index in [1.54, 1.807) is 31.3 Å². The minimum Gasteiger partial charge on any atom is -0.381 e. The number of benzene rings is 1. The molecule has 1 heterocycles. The van der Waals surface area contributed by atoms with Crippen LogP contribution in [0, 0.1) is 17.2 Å². The molecule has 20 heavy (non-hydrogen) atoms. The van der Waals surface area contributed by atoms with Gasteiger partial charge in [-0.25, -0.2) is 12.7 Å². The molecule has 108 valence electrons. The number of rotatable bonds is 5. The molecule has 1 aromatic carbocycles. The zero-order valence-electron chi connectivity index (χ0n) is 11.4. The zero-order valence-corrected chi connectivity index (χ0v) is 12.3. The van der Waals surface area contributed by atoms with Crippen molar-refractivity contribution in [2.75, 3.05) is 26.8 Å². The van der Waals surface area contributed by atoms with Crippen molar-refractivity contribution in [3.63, 3.8) is 0 Å². The maximum atomic E-state index is 12.3. The maximum absolute atomic E-state index is 12.3. The highest BCUT2D eigenvalue weighted by Gasteiger charge is 2.24. The van der Waals surface area contributed by atoms with Crippen molar-refractivity contribution in [2.24, 2.45) is 5.92 Å². The van der Waals surface area contributed by atoms with Crippen molar-refractivity contribution in [1.82, 2.24) is 4.31 Å². The fourth-order valence-electron chi connectivity index (χ4n) is 2.26. The Morgan fingerprint density at radius 3 is 2.95 bits per heavy atom. The van der Waals surface area contributed by atoms with Gasteiger partial charge in [0.25, 0.3) is 0 Å².